The standard InChI is InChI=1S/C22H37N3O2/c1-18(2)16-27-13-7-12-24-21(23-4)25-17-22(10-14-26-15-11-22)20-9-6-5-8-19(20)3/h5-6,8-9,18H,7,10-17H2,1-4H3,(H2,23,24,25). The quantitative estimate of drug-likeness (QED) is 0.395. The van der Waals surface area contributed by atoms with Gasteiger partial charge in [-0.1, -0.05) is 38.1 Å². The molecule has 5 nitrogen and oxygen atoms in total. The molecule has 0 aromatic heterocycles. The summed E-state index contributed by atoms with van der Waals surface area (Å²) in [4.78, 5) is 4.39. The fourth-order valence-electron chi connectivity index (χ4n) is 3.64. The number of rotatable bonds is 9. The number of benzene rings is 1. The van der Waals surface area contributed by atoms with E-state index in [-0.39, 0.29) is 5.41 Å². The number of guanidine groups is 1. The minimum Gasteiger partial charge on any atom is -0.381 e. The summed E-state index contributed by atoms with van der Waals surface area (Å²) in [5.41, 5.74) is 2.88. The Morgan fingerprint density at radius 2 is 1.96 bits per heavy atom. The van der Waals surface area contributed by atoms with E-state index >= 15 is 0 Å². The Balaban J connectivity index is 1.87. The maximum atomic E-state index is 5.65. The lowest BCUT2D eigenvalue weighted by atomic mass is 9.72. The van der Waals surface area contributed by atoms with Crippen LogP contribution in [0.1, 0.15) is 44.2 Å². The van der Waals surface area contributed by atoms with E-state index < -0.39 is 0 Å². The second-order valence-corrected chi connectivity index (χ2v) is 7.88. The second kappa shape index (κ2) is 11.3. The van der Waals surface area contributed by atoms with Crippen LogP contribution in [0.5, 0.6) is 0 Å². The van der Waals surface area contributed by atoms with Gasteiger partial charge in [0.15, 0.2) is 5.96 Å². The van der Waals surface area contributed by atoms with Gasteiger partial charge in [0.25, 0.3) is 0 Å². The lowest BCUT2D eigenvalue weighted by Gasteiger charge is -2.39. The normalized spacial score (nSPS) is 17.1. The van der Waals surface area contributed by atoms with E-state index in [1.54, 1.807) is 0 Å². The number of hydrogen-bond acceptors (Lipinski definition) is 3. The predicted molar refractivity (Wildman–Crippen MR) is 113 cm³/mol. The van der Waals surface area contributed by atoms with Crippen LogP contribution in [0.25, 0.3) is 0 Å². The highest BCUT2D eigenvalue weighted by Crippen LogP contribution is 2.36. The van der Waals surface area contributed by atoms with Crippen LogP contribution in [0.2, 0.25) is 0 Å². The van der Waals surface area contributed by atoms with Gasteiger partial charge in [-0.25, -0.2) is 0 Å². The van der Waals surface area contributed by atoms with Crippen molar-refractivity contribution < 1.29 is 9.47 Å². The summed E-state index contributed by atoms with van der Waals surface area (Å²) >= 11 is 0. The van der Waals surface area contributed by atoms with E-state index in [0.29, 0.717) is 5.92 Å². The van der Waals surface area contributed by atoms with Gasteiger partial charge < -0.3 is 20.1 Å². The number of ether oxygens (including phenoxy) is 2. The van der Waals surface area contributed by atoms with Gasteiger partial charge in [-0.2, -0.15) is 0 Å². The van der Waals surface area contributed by atoms with Gasteiger partial charge in [0.1, 0.15) is 0 Å². The topological polar surface area (TPSA) is 54.9 Å². The highest BCUT2D eigenvalue weighted by molar-refractivity contribution is 5.79. The number of nitrogens with zero attached hydrogens (tertiary/aromatic N) is 1. The molecule has 0 bridgehead atoms. The van der Waals surface area contributed by atoms with Crippen molar-refractivity contribution in [2.45, 2.75) is 45.4 Å². The molecule has 1 aromatic rings. The van der Waals surface area contributed by atoms with Crippen LogP contribution < -0.4 is 10.6 Å². The average Bonchev–Trinajstić information content (AvgIpc) is 2.67. The third kappa shape index (κ3) is 6.82. The lowest BCUT2D eigenvalue weighted by molar-refractivity contribution is 0.0511. The van der Waals surface area contributed by atoms with Crippen molar-refractivity contribution in [3.05, 3.63) is 35.4 Å². The minimum absolute atomic E-state index is 0.0988. The molecule has 2 N–H and O–H groups in total. The van der Waals surface area contributed by atoms with Crippen molar-refractivity contribution in [1.29, 1.82) is 0 Å². The fraction of sp³-hybridized carbons (Fsp3) is 0.682. The first-order chi connectivity index (χ1) is 13.1. The van der Waals surface area contributed by atoms with E-state index in [1.165, 1.54) is 11.1 Å². The average molecular weight is 376 g/mol. The maximum Gasteiger partial charge on any atom is 0.191 e. The number of nitrogens with one attached hydrogen (secondary N) is 2. The molecule has 2 rings (SSSR count). The highest BCUT2D eigenvalue weighted by atomic mass is 16.5. The van der Waals surface area contributed by atoms with Crippen molar-refractivity contribution in [3.63, 3.8) is 0 Å². The molecule has 0 spiro atoms. The van der Waals surface area contributed by atoms with Crippen LogP contribution in [-0.2, 0) is 14.9 Å². The summed E-state index contributed by atoms with van der Waals surface area (Å²) in [6.45, 7) is 11.5. The molecule has 1 fully saturated rings. The van der Waals surface area contributed by atoms with Crippen LogP contribution in [0, 0.1) is 12.8 Å². The molecule has 152 valence electrons. The molecule has 0 radical (unpaired) electrons. The van der Waals surface area contributed by atoms with Crippen LogP contribution in [0.3, 0.4) is 0 Å². The molecule has 0 saturated carbocycles. The van der Waals surface area contributed by atoms with Gasteiger partial charge in [0, 0.05) is 52.0 Å². The Kier molecular flexibility index (Phi) is 9.08. The zero-order chi connectivity index (χ0) is 19.5. The van der Waals surface area contributed by atoms with Gasteiger partial charge in [-0.3, -0.25) is 4.99 Å². The molecule has 1 heterocycles. The lowest BCUT2D eigenvalue weighted by Crippen LogP contribution is -2.48. The van der Waals surface area contributed by atoms with Crippen LogP contribution >= 0.6 is 0 Å². The summed E-state index contributed by atoms with van der Waals surface area (Å²) in [6.07, 6.45) is 3.04. The van der Waals surface area contributed by atoms with Gasteiger partial charge in [-0.05, 0) is 43.2 Å². The zero-order valence-electron chi connectivity index (χ0n) is 17.5. The Bertz CT molecular complexity index is 581. The zero-order valence-corrected chi connectivity index (χ0v) is 17.5. The SMILES string of the molecule is CN=C(NCCCOCC(C)C)NCC1(c2ccccc2C)CCOCC1. The number of aryl methyl sites for hydroxylation is 1. The molecular formula is C22H37N3O2. The first-order valence-electron chi connectivity index (χ1n) is 10.2. The molecule has 1 aromatic carbocycles. The van der Waals surface area contributed by atoms with Crippen molar-refractivity contribution in [3.8, 4) is 0 Å². The largest absolute Gasteiger partial charge is 0.381 e. The Hall–Kier alpha value is -1.59. The van der Waals surface area contributed by atoms with E-state index in [1.807, 2.05) is 7.05 Å². The van der Waals surface area contributed by atoms with Crippen molar-refractivity contribution >= 4 is 5.96 Å². The fourth-order valence-corrected chi connectivity index (χ4v) is 3.64. The Morgan fingerprint density at radius 1 is 1.22 bits per heavy atom. The predicted octanol–water partition coefficient (Wildman–Crippen LogP) is 3.27. The van der Waals surface area contributed by atoms with E-state index in [4.69, 9.17) is 9.47 Å². The smallest absolute Gasteiger partial charge is 0.191 e. The molecule has 1 saturated heterocycles. The molecule has 0 atom stereocenters. The third-order valence-corrected chi connectivity index (χ3v) is 5.19. The van der Waals surface area contributed by atoms with E-state index in [2.05, 4.69) is 60.7 Å². The summed E-state index contributed by atoms with van der Waals surface area (Å²) in [7, 11) is 1.83. The molecule has 0 aliphatic carbocycles. The molecule has 27 heavy (non-hydrogen) atoms. The summed E-state index contributed by atoms with van der Waals surface area (Å²) < 4.78 is 11.3. The minimum atomic E-state index is 0.0988. The monoisotopic (exact) mass is 375 g/mol. The second-order valence-electron chi connectivity index (χ2n) is 7.88. The third-order valence-electron chi connectivity index (χ3n) is 5.19. The van der Waals surface area contributed by atoms with Crippen LogP contribution in [0.4, 0.5) is 0 Å². The first kappa shape index (κ1) is 21.7. The van der Waals surface area contributed by atoms with Crippen LogP contribution in [0.15, 0.2) is 29.3 Å². The van der Waals surface area contributed by atoms with Gasteiger partial charge >= 0.3 is 0 Å². The summed E-state index contributed by atoms with van der Waals surface area (Å²) in [5.74, 6) is 1.45. The summed E-state index contributed by atoms with van der Waals surface area (Å²) in [5, 5.41) is 6.97. The van der Waals surface area contributed by atoms with E-state index in [9.17, 15) is 0 Å². The number of aliphatic imine (C=N–C) groups is 1. The molecule has 1 aliphatic rings. The van der Waals surface area contributed by atoms with Crippen molar-refractivity contribution in [2.24, 2.45) is 10.9 Å². The Morgan fingerprint density at radius 3 is 2.63 bits per heavy atom. The Labute approximate surface area is 164 Å². The maximum absolute atomic E-state index is 5.65. The summed E-state index contributed by atoms with van der Waals surface area (Å²) in [6, 6.07) is 8.73. The van der Waals surface area contributed by atoms with Crippen molar-refractivity contribution in [2.75, 3.05) is 46.6 Å². The number of hydrogen-bond donors (Lipinski definition) is 2. The molecule has 0 amide bonds. The van der Waals surface area contributed by atoms with Gasteiger partial charge in [-0.15, -0.1) is 0 Å². The van der Waals surface area contributed by atoms with Gasteiger partial charge in [0.2, 0.25) is 0 Å². The first-order valence-corrected chi connectivity index (χ1v) is 10.2. The molecule has 1 aliphatic heterocycles. The molecule has 5 heteroatoms. The van der Waals surface area contributed by atoms with Crippen LogP contribution in [-0.4, -0.2) is 52.5 Å². The van der Waals surface area contributed by atoms with Gasteiger partial charge in [0.05, 0.1) is 0 Å². The molecule has 0 unspecified atom stereocenters. The highest BCUT2D eigenvalue weighted by Gasteiger charge is 2.35. The van der Waals surface area contributed by atoms with E-state index in [0.717, 1.165) is 64.7 Å². The van der Waals surface area contributed by atoms with Crippen molar-refractivity contribution in [1.82, 2.24) is 10.6 Å². The molecular weight excluding hydrogens is 338 g/mol.